The van der Waals surface area contributed by atoms with Crippen LogP contribution in [0.15, 0.2) is 22.9 Å². The molecule has 0 atom stereocenters. The van der Waals surface area contributed by atoms with Crippen molar-refractivity contribution in [3.8, 4) is 10.6 Å². The molecule has 0 unspecified atom stereocenters. The van der Waals surface area contributed by atoms with Gasteiger partial charge in [-0.05, 0) is 28.5 Å². The Labute approximate surface area is 106 Å². The van der Waals surface area contributed by atoms with E-state index in [9.17, 15) is 0 Å². The van der Waals surface area contributed by atoms with E-state index in [0.29, 0.717) is 0 Å². The summed E-state index contributed by atoms with van der Waals surface area (Å²) >= 11 is 4.98. The van der Waals surface area contributed by atoms with Gasteiger partial charge in [0.1, 0.15) is 10.0 Å². The standard InChI is InChI=1S/C10H11BrN4S/c1-2-12-6-9-14-15-10(16-9)7-3-8(11)5-13-4-7/h3-5,12H,2,6H2,1H3. The molecule has 2 aromatic heterocycles. The minimum Gasteiger partial charge on any atom is -0.311 e. The number of rotatable bonds is 4. The normalized spacial score (nSPS) is 10.6. The molecular weight excluding hydrogens is 288 g/mol. The third-order valence-corrected chi connectivity index (χ3v) is 3.35. The maximum absolute atomic E-state index is 4.15. The number of nitrogens with one attached hydrogen (secondary N) is 1. The van der Waals surface area contributed by atoms with Crippen LogP contribution in [0, 0.1) is 0 Å². The van der Waals surface area contributed by atoms with Crippen LogP contribution in [0.4, 0.5) is 0 Å². The molecule has 0 radical (unpaired) electrons. The fourth-order valence-corrected chi connectivity index (χ4v) is 2.36. The monoisotopic (exact) mass is 298 g/mol. The van der Waals surface area contributed by atoms with Gasteiger partial charge in [-0.15, -0.1) is 10.2 Å². The quantitative estimate of drug-likeness (QED) is 0.942. The van der Waals surface area contributed by atoms with E-state index in [-0.39, 0.29) is 0 Å². The van der Waals surface area contributed by atoms with Gasteiger partial charge in [-0.2, -0.15) is 0 Å². The van der Waals surface area contributed by atoms with E-state index in [1.807, 2.05) is 6.07 Å². The summed E-state index contributed by atoms with van der Waals surface area (Å²) in [5.74, 6) is 0. The van der Waals surface area contributed by atoms with Crippen molar-refractivity contribution in [3.05, 3.63) is 27.9 Å². The van der Waals surface area contributed by atoms with Crippen molar-refractivity contribution in [2.24, 2.45) is 0 Å². The maximum Gasteiger partial charge on any atom is 0.149 e. The summed E-state index contributed by atoms with van der Waals surface area (Å²) in [5, 5.41) is 13.4. The Kier molecular flexibility index (Phi) is 3.98. The van der Waals surface area contributed by atoms with Crippen LogP contribution in [0.1, 0.15) is 11.9 Å². The lowest BCUT2D eigenvalue weighted by Crippen LogP contribution is -2.11. The lowest BCUT2D eigenvalue weighted by Gasteiger charge is -1.95. The number of nitrogens with zero attached hydrogens (tertiary/aromatic N) is 3. The molecule has 0 aliphatic carbocycles. The van der Waals surface area contributed by atoms with Crippen molar-refractivity contribution in [3.63, 3.8) is 0 Å². The zero-order chi connectivity index (χ0) is 11.4. The van der Waals surface area contributed by atoms with Crippen LogP contribution in [0.3, 0.4) is 0 Å². The van der Waals surface area contributed by atoms with E-state index in [4.69, 9.17) is 0 Å². The van der Waals surface area contributed by atoms with Crippen LogP contribution in [0.5, 0.6) is 0 Å². The number of aromatic nitrogens is 3. The van der Waals surface area contributed by atoms with E-state index in [0.717, 1.165) is 33.1 Å². The summed E-state index contributed by atoms with van der Waals surface area (Å²) in [5.41, 5.74) is 0.995. The van der Waals surface area contributed by atoms with E-state index in [2.05, 4.69) is 43.4 Å². The summed E-state index contributed by atoms with van der Waals surface area (Å²) in [6.45, 7) is 3.78. The second kappa shape index (κ2) is 5.47. The predicted octanol–water partition coefficient (Wildman–Crippen LogP) is 2.47. The second-order valence-corrected chi connectivity index (χ2v) is 5.15. The second-order valence-electron chi connectivity index (χ2n) is 3.17. The van der Waals surface area contributed by atoms with E-state index in [1.54, 1.807) is 23.7 Å². The van der Waals surface area contributed by atoms with Gasteiger partial charge in [-0.1, -0.05) is 18.3 Å². The molecule has 0 amide bonds. The number of pyridine rings is 1. The lowest BCUT2D eigenvalue weighted by atomic mass is 10.3. The Hall–Kier alpha value is -0.850. The first kappa shape index (κ1) is 11.6. The average Bonchev–Trinajstić information content (AvgIpc) is 2.75. The summed E-state index contributed by atoms with van der Waals surface area (Å²) in [6, 6.07) is 1.99. The van der Waals surface area contributed by atoms with Gasteiger partial charge in [0.2, 0.25) is 0 Å². The molecule has 6 heteroatoms. The van der Waals surface area contributed by atoms with Gasteiger partial charge in [-0.3, -0.25) is 4.98 Å². The van der Waals surface area contributed by atoms with Crippen LogP contribution in [-0.2, 0) is 6.54 Å². The summed E-state index contributed by atoms with van der Waals surface area (Å²) in [4.78, 5) is 4.11. The average molecular weight is 299 g/mol. The van der Waals surface area contributed by atoms with E-state index >= 15 is 0 Å². The molecule has 2 aromatic rings. The van der Waals surface area contributed by atoms with Gasteiger partial charge in [-0.25, -0.2) is 0 Å². The third-order valence-electron chi connectivity index (χ3n) is 1.94. The molecular formula is C10H11BrN4S. The maximum atomic E-state index is 4.15. The molecule has 0 fully saturated rings. The highest BCUT2D eigenvalue weighted by Crippen LogP contribution is 2.24. The van der Waals surface area contributed by atoms with Gasteiger partial charge in [0.25, 0.3) is 0 Å². The van der Waals surface area contributed by atoms with Crippen LogP contribution >= 0.6 is 27.3 Å². The molecule has 2 heterocycles. The zero-order valence-corrected chi connectivity index (χ0v) is 11.2. The van der Waals surface area contributed by atoms with E-state index in [1.165, 1.54) is 0 Å². The Morgan fingerprint density at radius 1 is 1.38 bits per heavy atom. The number of halogens is 1. The van der Waals surface area contributed by atoms with Gasteiger partial charge < -0.3 is 5.32 Å². The van der Waals surface area contributed by atoms with Crippen LogP contribution in [0.2, 0.25) is 0 Å². The lowest BCUT2D eigenvalue weighted by molar-refractivity contribution is 0.715. The van der Waals surface area contributed by atoms with Crippen molar-refractivity contribution < 1.29 is 0 Å². The van der Waals surface area contributed by atoms with Crippen molar-refractivity contribution >= 4 is 27.3 Å². The molecule has 1 N–H and O–H groups in total. The van der Waals surface area contributed by atoms with Crippen molar-refractivity contribution in [1.82, 2.24) is 20.5 Å². The van der Waals surface area contributed by atoms with Crippen molar-refractivity contribution in [1.29, 1.82) is 0 Å². The fourth-order valence-electron chi connectivity index (χ4n) is 1.20. The zero-order valence-electron chi connectivity index (χ0n) is 8.77. The smallest absolute Gasteiger partial charge is 0.149 e. The highest BCUT2D eigenvalue weighted by molar-refractivity contribution is 9.10. The highest BCUT2D eigenvalue weighted by Gasteiger charge is 2.06. The van der Waals surface area contributed by atoms with Gasteiger partial charge in [0.05, 0.1) is 0 Å². The molecule has 0 aliphatic heterocycles. The molecule has 4 nitrogen and oxygen atoms in total. The Morgan fingerprint density at radius 2 is 2.25 bits per heavy atom. The van der Waals surface area contributed by atoms with Gasteiger partial charge in [0.15, 0.2) is 0 Å². The van der Waals surface area contributed by atoms with Gasteiger partial charge in [0, 0.05) is 29.0 Å². The van der Waals surface area contributed by atoms with Gasteiger partial charge >= 0.3 is 0 Å². The summed E-state index contributed by atoms with van der Waals surface area (Å²) in [7, 11) is 0. The predicted molar refractivity (Wildman–Crippen MR) is 68.2 cm³/mol. The first-order chi connectivity index (χ1) is 7.79. The molecule has 84 valence electrons. The highest BCUT2D eigenvalue weighted by atomic mass is 79.9. The SMILES string of the molecule is CCNCc1nnc(-c2cncc(Br)c2)s1. The molecule has 0 aliphatic rings. The van der Waals surface area contributed by atoms with Crippen LogP contribution < -0.4 is 5.32 Å². The van der Waals surface area contributed by atoms with Crippen molar-refractivity contribution in [2.75, 3.05) is 6.54 Å². The molecule has 0 bridgehead atoms. The first-order valence-corrected chi connectivity index (χ1v) is 6.54. The Balaban J connectivity index is 2.18. The molecule has 0 saturated carbocycles. The molecule has 0 aromatic carbocycles. The third kappa shape index (κ3) is 2.84. The van der Waals surface area contributed by atoms with E-state index < -0.39 is 0 Å². The van der Waals surface area contributed by atoms with Crippen LogP contribution in [-0.4, -0.2) is 21.7 Å². The first-order valence-electron chi connectivity index (χ1n) is 4.93. The van der Waals surface area contributed by atoms with Crippen molar-refractivity contribution in [2.45, 2.75) is 13.5 Å². The minimum atomic E-state index is 0.773. The summed E-state index contributed by atoms with van der Waals surface area (Å²) in [6.07, 6.45) is 3.55. The Bertz CT molecular complexity index is 471. The molecule has 0 spiro atoms. The van der Waals surface area contributed by atoms with Crippen LogP contribution in [0.25, 0.3) is 10.6 Å². The molecule has 16 heavy (non-hydrogen) atoms. The fraction of sp³-hybridized carbons (Fsp3) is 0.300. The minimum absolute atomic E-state index is 0.773. The summed E-state index contributed by atoms with van der Waals surface area (Å²) < 4.78 is 0.952. The molecule has 2 rings (SSSR count). The largest absolute Gasteiger partial charge is 0.311 e. The molecule has 0 saturated heterocycles. The Morgan fingerprint density at radius 3 is 3.00 bits per heavy atom. The number of hydrogen-bond acceptors (Lipinski definition) is 5. The topological polar surface area (TPSA) is 50.7 Å². The number of hydrogen-bond donors (Lipinski definition) is 1.